The highest BCUT2D eigenvalue weighted by Gasteiger charge is 2.04. The Morgan fingerprint density at radius 3 is 2.50 bits per heavy atom. The Bertz CT molecular complexity index is 483. The van der Waals surface area contributed by atoms with E-state index < -0.39 is 4.92 Å². The number of nitro groups is 1. The fraction of sp³-hybridized carbons (Fsp3) is 0.562. The molecule has 0 radical (unpaired) electrons. The number of guanidine groups is 1. The minimum absolute atomic E-state index is 0.104. The van der Waals surface area contributed by atoms with E-state index >= 15 is 0 Å². The standard InChI is InChI=1S/C16H26N4O2/c1-4-5-10-17-16(18-11-13(2)3)19-12-14-6-8-15(9-7-14)20(21)22/h6-9,13H,4-5,10-12H2,1-3H3,(H2,17,18,19). The van der Waals surface area contributed by atoms with Crippen molar-refractivity contribution >= 4 is 11.6 Å². The second-order valence-electron chi connectivity index (χ2n) is 5.64. The maximum absolute atomic E-state index is 10.6. The SMILES string of the molecule is CCCCNC(=NCc1ccc([N+](=O)[O-])cc1)NCC(C)C. The second-order valence-corrected chi connectivity index (χ2v) is 5.64. The minimum atomic E-state index is -0.394. The van der Waals surface area contributed by atoms with Crippen LogP contribution in [0.25, 0.3) is 0 Å². The molecule has 0 aliphatic heterocycles. The number of benzene rings is 1. The van der Waals surface area contributed by atoms with Crippen LogP contribution >= 0.6 is 0 Å². The molecule has 6 heteroatoms. The maximum Gasteiger partial charge on any atom is 0.269 e. The Morgan fingerprint density at radius 1 is 1.27 bits per heavy atom. The van der Waals surface area contributed by atoms with Gasteiger partial charge >= 0.3 is 0 Å². The minimum Gasteiger partial charge on any atom is -0.356 e. The number of nitro benzene ring substituents is 1. The van der Waals surface area contributed by atoms with Gasteiger partial charge in [-0.3, -0.25) is 10.1 Å². The van der Waals surface area contributed by atoms with Gasteiger partial charge < -0.3 is 10.6 Å². The monoisotopic (exact) mass is 306 g/mol. The summed E-state index contributed by atoms with van der Waals surface area (Å²) in [5.74, 6) is 1.33. The molecule has 6 nitrogen and oxygen atoms in total. The zero-order valence-corrected chi connectivity index (χ0v) is 13.6. The quantitative estimate of drug-likeness (QED) is 0.254. The number of hydrogen-bond donors (Lipinski definition) is 2. The van der Waals surface area contributed by atoms with Gasteiger partial charge in [0.2, 0.25) is 0 Å². The van der Waals surface area contributed by atoms with Crippen molar-refractivity contribution in [1.82, 2.24) is 10.6 Å². The molecule has 0 aromatic heterocycles. The third-order valence-electron chi connectivity index (χ3n) is 3.07. The smallest absolute Gasteiger partial charge is 0.269 e. The van der Waals surface area contributed by atoms with Crippen LogP contribution in [-0.2, 0) is 6.54 Å². The van der Waals surface area contributed by atoms with E-state index in [1.54, 1.807) is 12.1 Å². The molecule has 122 valence electrons. The summed E-state index contributed by atoms with van der Waals surface area (Å²) < 4.78 is 0. The Hall–Kier alpha value is -2.11. The van der Waals surface area contributed by atoms with Crippen molar-refractivity contribution in [3.63, 3.8) is 0 Å². The Kier molecular flexibility index (Phi) is 7.96. The maximum atomic E-state index is 10.6. The topological polar surface area (TPSA) is 79.6 Å². The summed E-state index contributed by atoms with van der Waals surface area (Å²) in [7, 11) is 0. The van der Waals surface area contributed by atoms with Crippen molar-refractivity contribution in [2.75, 3.05) is 13.1 Å². The van der Waals surface area contributed by atoms with Crippen LogP contribution < -0.4 is 10.6 Å². The highest BCUT2D eigenvalue weighted by Crippen LogP contribution is 2.12. The summed E-state index contributed by atoms with van der Waals surface area (Å²) in [5.41, 5.74) is 1.05. The number of nitrogens with zero attached hydrogens (tertiary/aromatic N) is 2. The molecule has 2 N–H and O–H groups in total. The largest absolute Gasteiger partial charge is 0.356 e. The van der Waals surface area contributed by atoms with Crippen LogP contribution in [0.3, 0.4) is 0 Å². The third kappa shape index (κ3) is 7.06. The van der Waals surface area contributed by atoms with E-state index in [2.05, 4.69) is 36.4 Å². The molecular formula is C16H26N4O2. The van der Waals surface area contributed by atoms with Gasteiger partial charge in [0.1, 0.15) is 0 Å². The number of unbranched alkanes of at least 4 members (excludes halogenated alkanes) is 1. The Morgan fingerprint density at radius 2 is 1.95 bits per heavy atom. The first-order chi connectivity index (χ1) is 10.5. The normalized spacial score (nSPS) is 11.5. The fourth-order valence-electron chi connectivity index (χ4n) is 1.75. The first kappa shape index (κ1) is 17.9. The van der Waals surface area contributed by atoms with Gasteiger partial charge in [-0.15, -0.1) is 0 Å². The first-order valence-corrected chi connectivity index (χ1v) is 7.78. The summed E-state index contributed by atoms with van der Waals surface area (Å²) in [5, 5.41) is 17.2. The van der Waals surface area contributed by atoms with Gasteiger partial charge in [-0.25, -0.2) is 4.99 Å². The molecule has 0 bridgehead atoms. The molecule has 22 heavy (non-hydrogen) atoms. The first-order valence-electron chi connectivity index (χ1n) is 7.78. The van der Waals surface area contributed by atoms with E-state index in [4.69, 9.17) is 0 Å². The molecule has 0 saturated carbocycles. The van der Waals surface area contributed by atoms with Gasteiger partial charge in [0, 0.05) is 25.2 Å². The molecule has 0 saturated heterocycles. The molecule has 0 atom stereocenters. The summed E-state index contributed by atoms with van der Waals surface area (Å²) in [6, 6.07) is 6.51. The van der Waals surface area contributed by atoms with Gasteiger partial charge in [0.05, 0.1) is 11.5 Å². The molecule has 0 amide bonds. The van der Waals surface area contributed by atoms with Crippen molar-refractivity contribution in [2.45, 2.75) is 40.2 Å². The van der Waals surface area contributed by atoms with Crippen molar-refractivity contribution in [2.24, 2.45) is 10.9 Å². The highest BCUT2D eigenvalue weighted by atomic mass is 16.6. The van der Waals surface area contributed by atoms with Gasteiger partial charge in [-0.1, -0.05) is 39.3 Å². The van der Waals surface area contributed by atoms with Crippen LogP contribution in [-0.4, -0.2) is 24.0 Å². The molecule has 1 aromatic rings. The van der Waals surface area contributed by atoms with E-state index in [-0.39, 0.29) is 5.69 Å². The van der Waals surface area contributed by atoms with Crippen LogP contribution in [0.2, 0.25) is 0 Å². The van der Waals surface area contributed by atoms with Gasteiger partial charge in [0.15, 0.2) is 5.96 Å². The van der Waals surface area contributed by atoms with E-state index in [9.17, 15) is 10.1 Å². The van der Waals surface area contributed by atoms with Crippen LogP contribution in [0.15, 0.2) is 29.3 Å². The van der Waals surface area contributed by atoms with Crippen LogP contribution in [0.5, 0.6) is 0 Å². The molecule has 0 aliphatic carbocycles. The molecule has 0 unspecified atom stereocenters. The molecular weight excluding hydrogens is 280 g/mol. The predicted octanol–water partition coefficient (Wildman–Crippen LogP) is 3.09. The Labute approximate surface area is 132 Å². The third-order valence-corrected chi connectivity index (χ3v) is 3.07. The van der Waals surface area contributed by atoms with E-state index in [0.717, 1.165) is 37.5 Å². The number of nitrogens with one attached hydrogen (secondary N) is 2. The number of non-ortho nitro benzene ring substituents is 1. The highest BCUT2D eigenvalue weighted by molar-refractivity contribution is 5.79. The summed E-state index contributed by atoms with van der Waals surface area (Å²) in [4.78, 5) is 14.8. The average Bonchev–Trinajstić information content (AvgIpc) is 2.49. The Balaban J connectivity index is 2.62. The molecule has 0 aliphatic rings. The van der Waals surface area contributed by atoms with Crippen LogP contribution in [0.1, 0.15) is 39.2 Å². The fourth-order valence-corrected chi connectivity index (χ4v) is 1.75. The number of aliphatic imine (C=N–C) groups is 1. The van der Waals surface area contributed by atoms with E-state index in [0.29, 0.717) is 12.5 Å². The lowest BCUT2D eigenvalue weighted by Crippen LogP contribution is -2.39. The lowest BCUT2D eigenvalue weighted by Gasteiger charge is -2.14. The zero-order chi connectivity index (χ0) is 16.4. The molecule has 0 spiro atoms. The van der Waals surface area contributed by atoms with Gasteiger partial charge in [-0.2, -0.15) is 0 Å². The van der Waals surface area contributed by atoms with Crippen molar-refractivity contribution in [3.8, 4) is 0 Å². The molecule has 1 rings (SSSR count). The molecule has 0 fully saturated rings. The number of hydrogen-bond acceptors (Lipinski definition) is 3. The predicted molar refractivity (Wildman–Crippen MR) is 90.0 cm³/mol. The molecule has 1 aromatic carbocycles. The van der Waals surface area contributed by atoms with Crippen LogP contribution in [0, 0.1) is 16.0 Å². The lowest BCUT2D eigenvalue weighted by atomic mass is 10.2. The van der Waals surface area contributed by atoms with Crippen molar-refractivity contribution < 1.29 is 4.92 Å². The average molecular weight is 306 g/mol. The van der Waals surface area contributed by atoms with Gasteiger partial charge in [0.25, 0.3) is 5.69 Å². The summed E-state index contributed by atoms with van der Waals surface area (Å²) >= 11 is 0. The van der Waals surface area contributed by atoms with E-state index in [1.165, 1.54) is 12.1 Å². The molecule has 0 heterocycles. The second kappa shape index (κ2) is 9.76. The van der Waals surface area contributed by atoms with Crippen LogP contribution in [0.4, 0.5) is 5.69 Å². The number of rotatable bonds is 8. The van der Waals surface area contributed by atoms with Gasteiger partial charge in [-0.05, 0) is 17.9 Å². The zero-order valence-electron chi connectivity index (χ0n) is 13.6. The summed E-state index contributed by atoms with van der Waals surface area (Å²) in [6.45, 7) is 8.69. The lowest BCUT2D eigenvalue weighted by molar-refractivity contribution is -0.384. The van der Waals surface area contributed by atoms with Crippen molar-refractivity contribution in [1.29, 1.82) is 0 Å². The summed E-state index contributed by atoms with van der Waals surface area (Å²) in [6.07, 6.45) is 2.23. The van der Waals surface area contributed by atoms with E-state index in [1.807, 2.05) is 0 Å². The van der Waals surface area contributed by atoms with Crippen molar-refractivity contribution in [3.05, 3.63) is 39.9 Å².